The highest BCUT2D eigenvalue weighted by atomic mass is 35.5. The van der Waals surface area contributed by atoms with Gasteiger partial charge in [0, 0.05) is 57.9 Å². The fraction of sp³-hybridized carbons (Fsp3) is 0.592. The van der Waals surface area contributed by atoms with Crippen molar-refractivity contribution >= 4 is 196 Å². The standard InChI is InChI=1S/C40H74N2O2.C16H10Cl2N2O2.C13H14N2O2.2C13H22N2O2.C8H12N2O2/c1-3-5-7-14-21-27-39-37(25-19-6-4-2)29-30-38(26-20-15-10-8-12-17-23-31-41-33-35-43)40(39)28-22-16-11-9-13-18-24-32-42-34-36-44;17-13-9-11(1-3-15(13)19-5-7-21)12-2-4-16(14(18)10-12)20-6-8-22;1-9-8-10(2)13(15-5-7-17)11(3)12(9)14-4-6-16;1-12(11-15-7-9-17)10-13(2,3)4-5-14-6-8-16;1-12(4-5-14-6-8-16)10-13(2,3)11-15-7-9-17;11-7-5-9-3-1-2-4-10-6-8-12/h33-40H,3-32H2,1-2H3;1-10H;4-8H,1-3H3;2*6-9,12H,4-5,10-11H2,1-3H3;5-8H,1-4H2. The van der Waals surface area contributed by atoms with E-state index in [1.807, 2.05) is 39.0 Å². The summed E-state index contributed by atoms with van der Waals surface area (Å²) in [5.41, 5.74) is 7.24. The molecule has 26 heteroatoms. The molecule has 3 aromatic carbocycles. The first kappa shape index (κ1) is 121. The summed E-state index contributed by atoms with van der Waals surface area (Å²) in [4.78, 5) is 169. The Hall–Kier alpha value is -9.68. The molecule has 1 saturated carbocycles. The van der Waals surface area contributed by atoms with Gasteiger partial charge in [0.1, 0.15) is 0 Å². The topological polar surface area (TPSA) is 353 Å². The summed E-state index contributed by atoms with van der Waals surface area (Å²) in [7, 11) is 0. The largest absolute Gasteiger partial charge is 0.297 e. The third-order valence-electron chi connectivity index (χ3n) is 21.9. The van der Waals surface area contributed by atoms with Gasteiger partial charge in [-0.2, -0.15) is 0 Å². The predicted molar refractivity (Wildman–Crippen MR) is 543 cm³/mol. The van der Waals surface area contributed by atoms with Crippen LogP contribution in [0.15, 0.2) is 102 Å². The number of hydrogen-bond donors (Lipinski definition) is 0. The number of aliphatic imine (C=N–C) groups is 12. The Morgan fingerprint density at radius 1 is 0.341 bits per heavy atom. The number of aryl methyl sites for hydroxylation is 2. The van der Waals surface area contributed by atoms with Gasteiger partial charge in [-0.1, -0.05) is 238 Å². The number of carbonyl (C=O) groups excluding carboxylic acids is 12. The van der Waals surface area contributed by atoms with Crippen molar-refractivity contribution in [2.24, 2.45) is 106 Å². The molecular formula is C103H154Cl2N12O12. The normalized spacial score (nSPS) is 15.2. The van der Waals surface area contributed by atoms with E-state index in [0.29, 0.717) is 135 Å². The molecule has 0 radical (unpaired) electrons. The minimum Gasteiger partial charge on any atom is -0.297 e. The minimum absolute atomic E-state index is 0.0906. The fourth-order valence-corrected chi connectivity index (χ4v) is 16.4. The summed E-state index contributed by atoms with van der Waals surface area (Å²) in [6.45, 7) is 29.0. The molecule has 6 unspecified atom stereocenters. The van der Waals surface area contributed by atoms with Gasteiger partial charge in [0.25, 0.3) is 0 Å². The van der Waals surface area contributed by atoms with Gasteiger partial charge in [0.15, 0.2) is 75.4 Å². The molecule has 3 aromatic rings. The highest BCUT2D eigenvalue weighted by Gasteiger charge is 2.38. The molecule has 0 aliphatic heterocycles. The van der Waals surface area contributed by atoms with Gasteiger partial charge in [-0.15, -0.1) is 0 Å². The van der Waals surface area contributed by atoms with Crippen LogP contribution in [0, 0.1) is 67.1 Å². The molecule has 24 nitrogen and oxygen atoms in total. The van der Waals surface area contributed by atoms with Gasteiger partial charge in [0.05, 0.1) is 107 Å². The highest BCUT2D eigenvalue weighted by molar-refractivity contribution is 6.34. The molecule has 1 aliphatic rings. The molecule has 0 bridgehead atoms. The SMILES string of the molecule is CC(CCN=CC=O)CC(C)(C)CN=CC=O.CC(CN=CC=O)CC(C)(C)CCN=CC=O.CCCCCCCC1C(CCCCC)CCC(CCCCCCCCCN=CC=O)C1CCCCCCCCCN=CC=O.Cc1cc(C)c(N=CC=O)c(C)c1N=CC=O.O=CC=NCCCCN=CC=O.O=CC=Nc1ccc(-c2ccc(N=CC=O)c(Cl)c2)cc1Cl. The van der Waals surface area contributed by atoms with Crippen molar-refractivity contribution in [2.75, 3.05) is 52.4 Å². The van der Waals surface area contributed by atoms with Gasteiger partial charge in [-0.3, -0.25) is 117 Å². The van der Waals surface area contributed by atoms with E-state index in [0.717, 1.165) is 152 Å². The molecule has 0 N–H and O–H groups in total. The molecule has 1 aliphatic carbocycles. The van der Waals surface area contributed by atoms with Gasteiger partial charge in [0.2, 0.25) is 0 Å². The summed E-state index contributed by atoms with van der Waals surface area (Å²) < 4.78 is 0. The summed E-state index contributed by atoms with van der Waals surface area (Å²) in [5, 5.41) is 0.851. The van der Waals surface area contributed by atoms with E-state index < -0.39 is 0 Å². The lowest BCUT2D eigenvalue weighted by atomic mass is 9.61. The van der Waals surface area contributed by atoms with E-state index in [9.17, 15) is 57.5 Å². The Balaban J connectivity index is 0. The van der Waals surface area contributed by atoms with Crippen molar-refractivity contribution in [3.63, 3.8) is 0 Å². The fourth-order valence-electron chi connectivity index (χ4n) is 16.0. The molecule has 0 heterocycles. The van der Waals surface area contributed by atoms with Crippen LogP contribution in [0.4, 0.5) is 22.7 Å². The first-order valence-electron chi connectivity index (χ1n) is 46.6. The van der Waals surface area contributed by atoms with E-state index in [4.69, 9.17) is 23.2 Å². The summed E-state index contributed by atoms with van der Waals surface area (Å²) >= 11 is 12.3. The van der Waals surface area contributed by atoms with Crippen LogP contribution < -0.4 is 0 Å². The number of halogens is 2. The second-order valence-electron chi connectivity index (χ2n) is 34.1. The van der Waals surface area contributed by atoms with Gasteiger partial charge >= 0.3 is 0 Å². The smallest absolute Gasteiger partial charge is 0.161 e. The molecule has 0 amide bonds. The number of rotatable bonds is 66. The highest BCUT2D eigenvalue weighted by Crippen LogP contribution is 2.48. The number of unbranched alkanes of at least 4 members (excludes halogenated alkanes) is 19. The number of aldehydes is 12. The first-order valence-corrected chi connectivity index (χ1v) is 47.4. The van der Waals surface area contributed by atoms with Crippen LogP contribution in [0.5, 0.6) is 0 Å². The Bertz CT molecular complexity index is 3810. The number of carbonyl (C=O) groups is 12. The zero-order valence-corrected chi connectivity index (χ0v) is 81.1. The lowest BCUT2D eigenvalue weighted by Gasteiger charge is -2.44. The second kappa shape index (κ2) is 85.1. The maximum atomic E-state index is 10.3. The van der Waals surface area contributed by atoms with Crippen molar-refractivity contribution < 1.29 is 57.5 Å². The van der Waals surface area contributed by atoms with E-state index in [-0.39, 0.29) is 10.8 Å². The lowest BCUT2D eigenvalue weighted by molar-refractivity contribution is -0.103. The van der Waals surface area contributed by atoms with Gasteiger partial charge < -0.3 is 0 Å². The monoisotopic (exact) mass is 1820 g/mol. The number of benzene rings is 3. The molecule has 129 heavy (non-hydrogen) atoms. The van der Waals surface area contributed by atoms with Crippen molar-refractivity contribution in [3.8, 4) is 11.1 Å². The van der Waals surface area contributed by atoms with E-state index >= 15 is 0 Å². The average Bonchev–Trinajstić information content (AvgIpc) is 0.824. The summed E-state index contributed by atoms with van der Waals surface area (Å²) in [6.07, 6.45) is 67.9. The van der Waals surface area contributed by atoms with Crippen molar-refractivity contribution in [1.29, 1.82) is 0 Å². The van der Waals surface area contributed by atoms with Crippen LogP contribution in [0.3, 0.4) is 0 Å². The van der Waals surface area contributed by atoms with Crippen LogP contribution in [-0.4, -0.2) is 202 Å². The Labute approximate surface area is 782 Å². The van der Waals surface area contributed by atoms with Crippen LogP contribution in [0.25, 0.3) is 11.1 Å². The maximum Gasteiger partial charge on any atom is 0.161 e. The molecule has 712 valence electrons. The molecule has 0 saturated heterocycles. The minimum atomic E-state index is 0.0906. The molecule has 6 atom stereocenters. The molecule has 4 rings (SSSR count). The number of hydrogen-bond acceptors (Lipinski definition) is 24. The van der Waals surface area contributed by atoms with E-state index in [1.165, 1.54) is 229 Å². The quantitative estimate of drug-likeness (QED) is 0.0289. The second-order valence-corrected chi connectivity index (χ2v) is 34.9. The molecule has 1 fully saturated rings. The van der Waals surface area contributed by atoms with Crippen LogP contribution in [0.1, 0.15) is 290 Å². The molecular weight excluding hydrogens is 1670 g/mol. The Kier molecular flexibility index (Phi) is 80.1. The zero-order valence-electron chi connectivity index (χ0n) is 79.6. The Morgan fingerprint density at radius 3 is 1.04 bits per heavy atom. The zero-order chi connectivity index (χ0) is 95.9. The van der Waals surface area contributed by atoms with Crippen LogP contribution in [0.2, 0.25) is 10.0 Å². The molecule has 0 spiro atoms. The van der Waals surface area contributed by atoms with Gasteiger partial charge in [-0.05, 0) is 191 Å². The van der Waals surface area contributed by atoms with E-state index in [2.05, 4.69) is 115 Å². The van der Waals surface area contributed by atoms with Crippen molar-refractivity contribution in [1.82, 2.24) is 0 Å². The Morgan fingerprint density at radius 2 is 0.651 bits per heavy atom. The van der Waals surface area contributed by atoms with Crippen molar-refractivity contribution in [2.45, 2.75) is 294 Å². The summed E-state index contributed by atoms with van der Waals surface area (Å²) in [5.74, 6) is 4.90. The third kappa shape index (κ3) is 67.2. The first-order chi connectivity index (χ1) is 62.5. The number of nitrogens with zero attached hydrogens (tertiary/aromatic N) is 12. The third-order valence-corrected chi connectivity index (χ3v) is 22.5. The van der Waals surface area contributed by atoms with Gasteiger partial charge in [-0.25, -0.2) is 0 Å². The maximum absolute atomic E-state index is 10.3. The van der Waals surface area contributed by atoms with Crippen LogP contribution in [-0.2, 0) is 57.5 Å². The van der Waals surface area contributed by atoms with Crippen molar-refractivity contribution in [3.05, 3.63) is 69.2 Å². The average molecular weight is 1820 g/mol. The molecule has 0 aromatic heterocycles. The summed E-state index contributed by atoms with van der Waals surface area (Å²) in [6, 6.07) is 12.5. The van der Waals surface area contributed by atoms with Crippen LogP contribution >= 0.6 is 23.2 Å². The predicted octanol–water partition coefficient (Wildman–Crippen LogP) is 23.1. The lowest BCUT2D eigenvalue weighted by Crippen LogP contribution is -2.35. The van der Waals surface area contributed by atoms with E-state index in [1.54, 1.807) is 24.3 Å².